The number of aliphatic imine (C=N–C) groups is 1. The molecule has 0 spiro atoms. The van der Waals surface area contributed by atoms with E-state index in [0.717, 1.165) is 12.3 Å². The number of amidine groups is 1. The summed E-state index contributed by atoms with van der Waals surface area (Å²) in [6, 6.07) is 5.00. The van der Waals surface area contributed by atoms with Crippen LogP contribution in [0, 0.1) is 0 Å². The highest BCUT2D eigenvalue weighted by molar-refractivity contribution is 8.14. The van der Waals surface area contributed by atoms with Crippen molar-refractivity contribution in [3.8, 4) is 5.75 Å². The second kappa shape index (κ2) is 6.11. The van der Waals surface area contributed by atoms with Crippen molar-refractivity contribution in [2.75, 3.05) is 18.9 Å². The molecule has 0 aliphatic carbocycles. The molecule has 1 aromatic carbocycles. The van der Waals surface area contributed by atoms with Crippen LogP contribution >= 0.6 is 23.4 Å². The molecule has 1 aliphatic rings. The molecule has 4 nitrogen and oxygen atoms in total. The van der Waals surface area contributed by atoms with Gasteiger partial charge < -0.3 is 10.1 Å². The highest BCUT2D eigenvalue weighted by atomic mass is 35.5. The Balaban J connectivity index is 2.19. The van der Waals surface area contributed by atoms with Crippen molar-refractivity contribution in [1.29, 1.82) is 0 Å². The van der Waals surface area contributed by atoms with E-state index in [2.05, 4.69) is 10.3 Å². The second-order valence-electron chi connectivity index (χ2n) is 3.56. The van der Waals surface area contributed by atoms with Crippen LogP contribution in [-0.4, -0.2) is 30.0 Å². The summed E-state index contributed by atoms with van der Waals surface area (Å²) in [6.45, 7) is 3.11. The molecule has 0 aromatic heterocycles. The van der Waals surface area contributed by atoms with Crippen molar-refractivity contribution >= 4 is 34.4 Å². The van der Waals surface area contributed by atoms with Crippen molar-refractivity contribution in [2.24, 2.45) is 4.99 Å². The molecule has 0 radical (unpaired) electrons. The molecule has 1 amide bonds. The number of benzene rings is 1. The summed E-state index contributed by atoms with van der Waals surface area (Å²) in [4.78, 5) is 16.3. The van der Waals surface area contributed by atoms with E-state index >= 15 is 0 Å². The summed E-state index contributed by atoms with van der Waals surface area (Å²) in [5.41, 5.74) is 0.430. The van der Waals surface area contributed by atoms with Gasteiger partial charge in [0, 0.05) is 10.8 Å². The van der Waals surface area contributed by atoms with Crippen LogP contribution in [0.1, 0.15) is 17.3 Å². The number of nitrogens with zero attached hydrogens (tertiary/aromatic N) is 1. The third-order valence-electron chi connectivity index (χ3n) is 2.29. The number of hydrogen-bond acceptors (Lipinski definition) is 4. The summed E-state index contributed by atoms with van der Waals surface area (Å²) in [5.74, 6) is 1.20. The van der Waals surface area contributed by atoms with E-state index in [1.807, 2.05) is 6.92 Å². The summed E-state index contributed by atoms with van der Waals surface area (Å²) in [5, 5.41) is 3.92. The van der Waals surface area contributed by atoms with Crippen LogP contribution in [0.5, 0.6) is 5.75 Å². The number of hydrogen-bond donors (Lipinski definition) is 1. The minimum Gasteiger partial charge on any atom is -0.493 e. The predicted molar refractivity (Wildman–Crippen MR) is 74.8 cm³/mol. The fourth-order valence-corrected chi connectivity index (χ4v) is 2.43. The Kier molecular flexibility index (Phi) is 4.49. The Hall–Kier alpha value is -1.20. The van der Waals surface area contributed by atoms with Crippen LogP contribution in [0.2, 0.25) is 5.02 Å². The maximum Gasteiger partial charge on any atom is 0.261 e. The van der Waals surface area contributed by atoms with E-state index in [-0.39, 0.29) is 5.91 Å². The third-order valence-corrected chi connectivity index (χ3v) is 3.42. The number of nitrogens with one attached hydrogen (secondary N) is 1. The lowest BCUT2D eigenvalue weighted by molar-refractivity contribution is 0.0974. The molecule has 1 aromatic rings. The SMILES string of the molecule is CCOc1ccc(Cl)cc1C(=O)NC1=NCCS1. The molecule has 0 bridgehead atoms. The minimum atomic E-state index is -0.242. The first-order valence-electron chi connectivity index (χ1n) is 5.61. The maximum atomic E-state index is 12.1. The van der Waals surface area contributed by atoms with Gasteiger partial charge in [0.25, 0.3) is 5.91 Å². The third kappa shape index (κ3) is 3.17. The van der Waals surface area contributed by atoms with Gasteiger partial charge in [0.05, 0.1) is 18.7 Å². The Bertz CT molecular complexity index is 491. The lowest BCUT2D eigenvalue weighted by atomic mass is 10.2. The van der Waals surface area contributed by atoms with E-state index in [1.165, 1.54) is 11.8 Å². The second-order valence-corrected chi connectivity index (χ2v) is 5.08. The molecule has 1 heterocycles. The van der Waals surface area contributed by atoms with Gasteiger partial charge in [-0.1, -0.05) is 23.4 Å². The number of rotatable bonds is 3. The Labute approximate surface area is 115 Å². The van der Waals surface area contributed by atoms with E-state index in [9.17, 15) is 4.79 Å². The van der Waals surface area contributed by atoms with E-state index in [4.69, 9.17) is 16.3 Å². The molecular weight excluding hydrogens is 272 g/mol. The summed E-state index contributed by atoms with van der Waals surface area (Å²) >= 11 is 7.44. The van der Waals surface area contributed by atoms with Crippen molar-refractivity contribution in [3.63, 3.8) is 0 Å². The van der Waals surface area contributed by atoms with Gasteiger partial charge in [0.2, 0.25) is 0 Å². The zero-order valence-electron chi connectivity index (χ0n) is 9.90. The van der Waals surface area contributed by atoms with Crippen LogP contribution < -0.4 is 10.1 Å². The van der Waals surface area contributed by atoms with Gasteiger partial charge in [-0.05, 0) is 25.1 Å². The highest BCUT2D eigenvalue weighted by Crippen LogP contribution is 2.23. The summed E-state index contributed by atoms with van der Waals surface area (Å²) in [6.07, 6.45) is 0. The number of thioether (sulfide) groups is 1. The number of carbonyl (C=O) groups excluding carboxylic acids is 1. The van der Waals surface area contributed by atoms with Crippen LogP contribution in [0.3, 0.4) is 0 Å². The molecule has 0 saturated heterocycles. The van der Waals surface area contributed by atoms with Crippen LogP contribution in [0.25, 0.3) is 0 Å². The predicted octanol–water partition coefficient (Wildman–Crippen LogP) is 2.57. The Morgan fingerprint density at radius 2 is 2.44 bits per heavy atom. The number of amides is 1. The number of ether oxygens (including phenoxy) is 1. The Morgan fingerprint density at radius 1 is 1.61 bits per heavy atom. The first-order valence-corrected chi connectivity index (χ1v) is 6.98. The van der Waals surface area contributed by atoms with E-state index < -0.39 is 0 Å². The Morgan fingerprint density at radius 3 is 3.11 bits per heavy atom. The van der Waals surface area contributed by atoms with Crippen LogP contribution in [-0.2, 0) is 0 Å². The monoisotopic (exact) mass is 284 g/mol. The molecule has 2 rings (SSSR count). The lowest BCUT2D eigenvalue weighted by Gasteiger charge is -2.10. The van der Waals surface area contributed by atoms with Gasteiger partial charge in [-0.2, -0.15) is 0 Å². The quantitative estimate of drug-likeness (QED) is 0.928. The largest absolute Gasteiger partial charge is 0.493 e. The van der Waals surface area contributed by atoms with Gasteiger partial charge >= 0.3 is 0 Å². The van der Waals surface area contributed by atoms with Crippen molar-refractivity contribution < 1.29 is 9.53 Å². The van der Waals surface area contributed by atoms with Crippen LogP contribution in [0.15, 0.2) is 23.2 Å². The maximum absolute atomic E-state index is 12.1. The molecule has 1 aliphatic heterocycles. The normalized spacial score (nSPS) is 14.2. The zero-order valence-corrected chi connectivity index (χ0v) is 11.5. The van der Waals surface area contributed by atoms with Gasteiger partial charge in [-0.25, -0.2) is 0 Å². The van der Waals surface area contributed by atoms with Crippen molar-refractivity contribution in [2.45, 2.75) is 6.92 Å². The molecule has 1 N–H and O–H groups in total. The molecule has 96 valence electrons. The average Bonchev–Trinajstić information content (AvgIpc) is 2.84. The van der Waals surface area contributed by atoms with E-state index in [1.54, 1.807) is 18.2 Å². The first kappa shape index (κ1) is 13.2. The molecule has 18 heavy (non-hydrogen) atoms. The topological polar surface area (TPSA) is 50.7 Å². The van der Waals surface area contributed by atoms with Gasteiger partial charge in [0.1, 0.15) is 5.75 Å². The molecule has 0 fully saturated rings. The zero-order chi connectivity index (χ0) is 13.0. The molecular formula is C12H13ClN2O2S. The summed E-state index contributed by atoms with van der Waals surface area (Å²) < 4.78 is 5.41. The van der Waals surface area contributed by atoms with Gasteiger partial charge in [0.15, 0.2) is 5.17 Å². The number of carbonyl (C=O) groups is 1. The number of halogens is 1. The average molecular weight is 285 g/mol. The molecule has 0 saturated carbocycles. The fourth-order valence-electron chi connectivity index (χ4n) is 1.54. The van der Waals surface area contributed by atoms with Crippen molar-refractivity contribution in [1.82, 2.24) is 5.32 Å². The smallest absolute Gasteiger partial charge is 0.261 e. The van der Waals surface area contributed by atoms with Gasteiger partial charge in [-0.15, -0.1) is 0 Å². The molecule has 6 heteroatoms. The standard InChI is InChI=1S/C12H13ClN2O2S/c1-2-17-10-4-3-8(13)7-9(10)11(16)15-12-14-5-6-18-12/h3-4,7H,2,5-6H2,1H3,(H,14,15,16). The first-order chi connectivity index (χ1) is 8.70. The van der Waals surface area contributed by atoms with Crippen LogP contribution in [0.4, 0.5) is 0 Å². The van der Waals surface area contributed by atoms with Crippen molar-refractivity contribution in [3.05, 3.63) is 28.8 Å². The summed E-state index contributed by atoms with van der Waals surface area (Å²) in [7, 11) is 0. The lowest BCUT2D eigenvalue weighted by Crippen LogP contribution is -2.27. The highest BCUT2D eigenvalue weighted by Gasteiger charge is 2.16. The van der Waals surface area contributed by atoms with Gasteiger partial charge in [-0.3, -0.25) is 9.79 Å². The minimum absolute atomic E-state index is 0.242. The molecule has 0 atom stereocenters. The molecule has 0 unspecified atom stereocenters. The van der Waals surface area contributed by atoms with E-state index in [0.29, 0.717) is 28.1 Å². The fraction of sp³-hybridized carbons (Fsp3) is 0.333.